The zero-order valence-electron chi connectivity index (χ0n) is 15.3. The largest absolute Gasteiger partial charge is 0.372 e. The molecule has 0 saturated carbocycles. The van der Waals surface area contributed by atoms with Crippen molar-refractivity contribution in [3.05, 3.63) is 36.2 Å². The Labute approximate surface area is 145 Å². The standard InChI is InChI=1S/C19H29N5/c1-5-8-13-20-18-14-19(22-15(4)21-18)23-16-9-11-17(12-10-16)24(6-2)7-3/h9-12,14H,5-8,13H2,1-4H3,(H2,20,21,22,23). The number of nitrogens with one attached hydrogen (secondary N) is 2. The summed E-state index contributed by atoms with van der Waals surface area (Å²) in [6, 6.07) is 10.4. The van der Waals surface area contributed by atoms with E-state index in [0.29, 0.717) is 0 Å². The van der Waals surface area contributed by atoms with Crippen molar-refractivity contribution in [1.29, 1.82) is 0 Å². The van der Waals surface area contributed by atoms with Crippen LogP contribution in [0.5, 0.6) is 0 Å². The quantitative estimate of drug-likeness (QED) is 0.660. The number of nitrogens with zero attached hydrogens (tertiary/aromatic N) is 3. The normalized spacial score (nSPS) is 10.5. The third-order valence-corrected chi connectivity index (χ3v) is 3.94. The lowest BCUT2D eigenvalue weighted by Crippen LogP contribution is -2.21. The number of hydrogen-bond donors (Lipinski definition) is 2. The molecule has 0 radical (unpaired) electrons. The van der Waals surface area contributed by atoms with Gasteiger partial charge in [0.1, 0.15) is 17.5 Å². The Balaban J connectivity index is 2.07. The van der Waals surface area contributed by atoms with Crippen LogP contribution in [0.3, 0.4) is 0 Å². The Kier molecular flexibility index (Phi) is 6.85. The third kappa shape index (κ3) is 5.11. The van der Waals surface area contributed by atoms with Gasteiger partial charge in [0.2, 0.25) is 0 Å². The fourth-order valence-electron chi connectivity index (χ4n) is 2.61. The van der Waals surface area contributed by atoms with Crippen molar-refractivity contribution in [2.24, 2.45) is 0 Å². The molecular formula is C19H29N5. The second kappa shape index (κ2) is 9.11. The van der Waals surface area contributed by atoms with Crippen LogP contribution in [0.2, 0.25) is 0 Å². The summed E-state index contributed by atoms with van der Waals surface area (Å²) >= 11 is 0. The highest BCUT2D eigenvalue weighted by atomic mass is 15.1. The average Bonchev–Trinajstić information content (AvgIpc) is 2.57. The van der Waals surface area contributed by atoms with Crippen LogP contribution < -0.4 is 15.5 Å². The van der Waals surface area contributed by atoms with E-state index < -0.39 is 0 Å². The van der Waals surface area contributed by atoms with Gasteiger partial charge in [0.05, 0.1) is 0 Å². The highest BCUT2D eigenvalue weighted by Crippen LogP contribution is 2.21. The minimum absolute atomic E-state index is 0.763. The van der Waals surface area contributed by atoms with Crippen molar-refractivity contribution in [2.75, 3.05) is 35.2 Å². The summed E-state index contributed by atoms with van der Waals surface area (Å²) in [5.74, 6) is 2.45. The molecule has 1 aromatic heterocycles. The predicted octanol–water partition coefficient (Wildman–Crippen LogP) is 4.59. The van der Waals surface area contributed by atoms with E-state index in [0.717, 1.165) is 49.2 Å². The Morgan fingerprint density at radius 3 is 2.25 bits per heavy atom. The van der Waals surface area contributed by atoms with E-state index in [9.17, 15) is 0 Å². The molecule has 24 heavy (non-hydrogen) atoms. The molecule has 2 aromatic rings. The minimum Gasteiger partial charge on any atom is -0.372 e. The van der Waals surface area contributed by atoms with Crippen molar-refractivity contribution in [2.45, 2.75) is 40.5 Å². The zero-order chi connectivity index (χ0) is 17.4. The molecular weight excluding hydrogens is 298 g/mol. The number of aromatic nitrogens is 2. The maximum absolute atomic E-state index is 4.47. The summed E-state index contributed by atoms with van der Waals surface area (Å²) in [5, 5.41) is 6.72. The van der Waals surface area contributed by atoms with E-state index in [-0.39, 0.29) is 0 Å². The number of aryl methyl sites for hydroxylation is 1. The van der Waals surface area contributed by atoms with E-state index in [1.807, 2.05) is 13.0 Å². The monoisotopic (exact) mass is 327 g/mol. The first-order valence-corrected chi connectivity index (χ1v) is 8.87. The molecule has 2 rings (SSSR count). The number of rotatable bonds is 9. The summed E-state index contributed by atoms with van der Waals surface area (Å²) in [6.07, 6.45) is 2.31. The molecule has 0 aliphatic heterocycles. The van der Waals surface area contributed by atoms with Gasteiger partial charge in [0.15, 0.2) is 0 Å². The highest BCUT2D eigenvalue weighted by Gasteiger charge is 2.04. The fourth-order valence-corrected chi connectivity index (χ4v) is 2.61. The molecule has 0 saturated heterocycles. The van der Waals surface area contributed by atoms with E-state index in [4.69, 9.17) is 0 Å². The van der Waals surface area contributed by atoms with Crippen LogP contribution >= 0.6 is 0 Å². The molecule has 5 heteroatoms. The molecule has 1 heterocycles. The van der Waals surface area contributed by atoms with Crippen molar-refractivity contribution < 1.29 is 0 Å². The van der Waals surface area contributed by atoms with Gasteiger partial charge >= 0.3 is 0 Å². The van der Waals surface area contributed by atoms with E-state index in [2.05, 4.69) is 70.5 Å². The number of hydrogen-bond acceptors (Lipinski definition) is 5. The molecule has 0 atom stereocenters. The van der Waals surface area contributed by atoms with Gasteiger partial charge in [-0.2, -0.15) is 0 Å². The molecule has 0 aliphatic carbocycles. The third-order valence-electron chi connectivity index (χ3n) is 3.94. The van der Waals surface area contributed by atoms with Crippen LogP contribution in [0.25, 0.3) is 0 Å². The lowest BCUT2D eigenvalue weighted by Gasteiger charge is -2.21. The first kappa shape index (κ1) is 18.0. The Morgan fingerprint density at radius 2 is 1.62 bits per heavy atom. The minimum atomic E-state index is 0.763. The second-order valence-corrected chi connectivity index (χ2v) is 5.81. The molecule has 0 bridgehead atoms. The summed E-state index contributed by atoms with van der Waals surface area (Å²) in [6.45, 7) is 11.4. The van der Waals surface area contributed by atoms with Crippen LogP contribution in [-0.2, 0) is 0 Å². The van der Waals surface area contributed by atoms with Gasteiger partial charge in [-0.15, -0.1) is 0 Å². The maximum Gasteiger partial charge on any atom is 0.136 e. The van der Waals surface area contributed by atoms with Crippen molar-refractivity contribution >= 4 is 23.0 Å². The molecule has 0 amide bonds. The van der Waals surface area contributed by atoms with Gasteiger partial charge in [-0.25, -0.2) is 9.97 Å². The summed E-state index contributed by atoms with van der Waals surface area (Å²) in [7, 11) is 0. The van der Waals surface area contributed by atoms with Crippen molar-refractivity contribution in [1.82, 2.24) is 9.97 Å². The molecule has 0 spiro atoms. The van der Waals surface area contributed by atoms with Gasteiger partial charge in [-0.1, -0.05) is 13.3 Å². The molecule has 0 unspecified atom stereocenters. The maximum atomic E-state index is 4.47. The number of benzene rings is 1. The smallest absolute Gasteiger partial charge is 0.136 e. The van der Waals surface area contributed by atoms with Gasteiger partial charge in [-0.05, 0) is 51.5 Å². The first-order chi connectivity index (χ1) is 11.7. The van der Waals surface area contributed by atoms with Gasteiger partial charge in [0, 0.05) is 37.1 Å². The van der Waals surface area contributed by atoms with Crippen LogP contribution in [0, 0.1) is 6.92 Å². The Bertz CT molecular complexity index is 620. The highest BCUT2D eigenvalue weighted by molar-refractivity contribution is 5.62. The van der Waals surface area contributed by atoms with E-state index in [1.54, 1.807) is 0 Å². The summed E-state index contributed by atoms with van der Waals surface area (Å²) in [5.41, 5.74) is 2.27. The lowest BCUT2D eigenvalue weighted by molar-refractivity contribution is 0.829. The second-order valence-electron chi connectivity index (χ2n) is 5.81. The predicted molar refractivity (Wildman–Crippen MR) is 103 cm³/mol. The SMILES string of the molecule is CCCCNc1cc(Nc2ccc(N(CC)CC)cc2)nc(C)n1. The first-order valence-electron chi connectivity index (χ1n) is 8.87. The Morgan fingerprint density at radius 1 is 0.958 bits per heavy atom. The van der Waals surface area contributed by atoms with Gasteiger partial charge in [-0.3, -0.25) is 0 Å². The molecule has 0 aliphatic rings. The van der Waals surface area contributed by atoms with Crippen LogP contribution in [0.1, 0.15) is 39.4 Å². The van der Waals surface area contributed by atoms with E-state index >= 15 is 0 Å². The molecule has 5 nitrogen and oxygen atoms in total. The van der Waals surface area contributed by atoms with Gasteiger partial charge < -0.3 is 15.5 Å². The fraction of sp³-hybridized carbons (Fsp3) is 0.474. The Hall–Kier alpha value is -2.30. The lowest BCUT2D eigenvalue weighted by atomic mass is 10.2. The van der Waals surface area contributed by atoms with Crippen molar-refractivity contribution in [3.8, 4) is 0 Å². The van der Waals surface area contributed by atoms with Crippen molar-refractivity contribution in [3.63, 3.8) is 0 Å². The number of anilines is 4. The topological polar surface area (TPSA) is 53.1 Å². The summed E-state index contributed by atoms with van der Waals surface area (Å²) < 4.78 is 0. The van der Waals surface area contributed by atoms with Crippen LogP contribution in [0.15, 0.2) is 30.3 Å². The van der Waals surface area contributed by atoms with Crippen LogP contribution in [0.4, 0.5) is 23.0 Å². The van der Waals surface area contributed by atoms with Crippen LogP contribution in [-0.4, -0.2) is 29.6 Å². The molecule has 130 valence electrons. The van der Waals surface area contributed by atoms with E-state index in [1.165, 1.54) is 12.1 Å². The zero-order valence-corrected chi connectivity index (χ0v) is 15.3. The molecule has 0 fully saturated rings. The molecule has 2 N–H and O–H groups in total. The number of unbranched alkanes of at least 4 members (excludes halogenated alkanes) is 1. The average molecular weight is 327 g/mol. The van der Waals surface area contributed by atoms with Gasteiger partial charge in [0.25, 0.3) is 0 Å². The summed E-state index contributed by atoms with van der Waals surface area (Å²) in [4.78, 5) is 11.2. The molecule has 1 aromatic carbocycles.